The van der Waals surface area contributed by atoms with Crippen LogP contribution in [0, 0.1) is 3.57 Å². The van der Waals surface area contributed by atoms with Crippen LogP contribution in [0.25, 0.3) is 0 Å². The summed E-state index contributed by atoms with van der Waals surface area (Å²) in [6.07, 6.45) is -0.535. The molecule has 0 saturated carbocycles. The molecule has 1 rings (SSSR count). The lowest BCUT2D eigenvalue weighted by Gasteiger charge is -2.07. The summed E-state index contributed by atoms with van der Waals surface area (Å²) in [5, 5.41) is 8.50. The van der Waals surface area contributed by atoms with Gasteiger partial charge in [0.25, 0.3) is 0 Å². The van der Waals surface area contributed by atoms with E-state index >= 15 is 0 Å². The third-order valence-corrected chi connectivity index (χ3v) is 5.24. The van der Waals surface area contributed by atoms with Crippen LogP contribution in [0.2, 0.25) is 15.1 Å². The maximum Gasteiger partial charge on any atom is 0.342 e. The Balaban J connectivity index is 3.57. The molecule has 0 unspecified atom stereocenters. The van der Waals surface area contributed by atoms with Gasteiger partial charge in [-0.25, -0.2) is 6.14 Å². The summed E-state index contributed by atoms with van der Waals surface area (Å²) >= 11 is 13.2. The Kier molecular flexibility index (Phi) is 4.78. The largest absolute Gasteiger partial charge is 0.481 e. The number of carbonyl (C=O) groups is 1. The summed E-state index contributed by atoms with van der Waals surface area (Å²) in [6, 6.07) is 1.19. The van der Waals surface area contributed by atoms with E-state index in [4.69, 9.17) is 39.9 Å². The van der Waals surface area contributed by atoms with Gasteiger partial charge >= 0.3 is 25.8 Å². The van der Waals surface area contributed by atoms with Crippen molar-refractivity contribution in [2.24, 2.45) is 0 Å². The van der Waals surface area contributed by atoms with E-state index < -0.39 is 32.2 Å². The Morgan fingerprint density at radius 3 is 2.25 bits per heavy atom. The van der Waals surface area contributed by atoms with Crippen LogP contribution in [0.1, 0.15) is 5.56 Å². The van der Waals surface area contributed by atoms with Crippen LogP contribution in [0.5, 0.6) is 0 Å². The Morgan fingerprint density at radius 2 is 1.81 bits per heavy atom. The molecule has 0 aliphatic heterocycles. The van der Waals surface area contributed by atoms with Gasteiger partial charge in [-0.1, -0.05) is 34.8 Å². The van der Waals surface area contributed by atoms with E-state index in [1.165, 1.54) is 6.07 Å². The molecule has 8 heteroatoms. The van der Waals surface area contributed by atoms with Crippen molar-refractivity contribution in [1.82, 2.24) is 0 Å². The Bertz CT molecular complexity index is 517. The first-order chi connectivity index (χ1) is 7.34. The van der Waals surface area contributed by atoms with Crippen LogP contribution in [0.4, 0.5) is 0 Å². The molecule has 0 amide bonds. The van der Waals surface area contributed by atoms with Gasteiger partial charge in [0.15, 0.2) is 0 Å². The molecule has 1 N–H and O–H groups in total. The Hall–Kier alpha value is -0.110. The quantitative estimate of drug-likeness (QED) is 0.625. The molecule has 0 radical (unpaired) electrons. The van der Waals surface area contributed by atoms with Crippen LogP contribution in [0.3, 0.4) is 0 Å². The molecule has 0 aromatic heterocycles. The van der Waals surface area contributed by atoms with Crippen LogP contribution < -0.4 is 0 Å². The van der Waals surface area contributed by atoms with Crippen molar-refractivity contribution in [2.45, 2.75) is 6.42 Å². The second-order valence-electron chi connectivity index (χ2n) is 2.73. The highest BCUT2D eigenvalue weighted by Crippen LogP contribution is 2.38. The van der Waals surface area contributed by atoms with Gasteiger partial charge in [0.05, 0.1) is 21.5 Å². The molecule has 0 aliphatic carbocycles. The van der Waals surface area contributed by atoms with Gasteiger partial charge in [-0.05, 0) is 6.07 Å². The molecule has 1 aromatic carbocycles. The van der Waals surface area contributed by atoms with Gasteiger partial charge in [-0.2, -0.15) is 0 Å². The topological polar surface area (TPSA) is 71.4 Å². The van der Waals surface area contributed by atoms with Gasteiger partial charge in [0.1, 0.15) is 3.57 Å². The average Bonchev–Trinajstić information content (AvgIpc) is 2.12. The predicted octanol–water partition coefficient (Wildman–Crippen LogP) is 3.64. The lowest BCUT2D eigenvalue weighted by Crippen LogP contribution is -2.04. The standard InChI is InChI=1S/C8H4Cl3IO4/c9-4-2-5(10)8(12(15)16)3(7(4)11)1-6(13)14/h2H,1H2,(H,13,14). The number of hydrogen-bond acceptors (Lipinski definition) is 3. The van der Waals surface area contributed by atoms with Gasteiger partial charge in [-0.3, -0.25) is 4.79 Å². The molecule has 0 bridgehead atoms. The predicted molar refractivity (Wildman–Crippen MR) is 66.9 cm³/mol. The Labute approximate surface area is 113 Å². The molecule has 1 aromatic rings. The minimum Gasteiger partial charge on any atom is -0.481 e. The molecule has 0 atom stereocenters. The second-order valence-corrected chi connectivity index (χ2v) is 6.25. The molecule has 4 nitrogen and oxygen atoms in total. The molecule has 88 valence electrons. The van der Waals surface area contributed by atoms with Crippen molar-refractivity contribution in [1.29, 1.82) is 0 Å². The van der Waals surface area contributed by atoms with Gasteiger partial charge in [-0.15, -0.1) is 0 Å². The first-order valence-electron chi connectivity index (χ1n) is 3.78. The number of hydrogen-bond donors (Lipinski definition) is 1. The zero-order chi connectivity index (χ0) is 12.5. The Morgan fingerprint density at radius 1 is 1.25 bits per heavy atom. The molecular weight excluding hydrogens is 393 g/mol. The highest BCUT2D eigenvalue weighted by Gasteiger charge is 2.20. The lowest BCUT2D eigenvalue weighted by atomic mass is 10.1. The monoisotopic (exact) mass is 396 g/mol. The van der Waals surface area contributed by atoms with Crippen molar-refractivity contribution in [3.8, 4) is 0 Å². The SMILES string of the molecule is O=C(O)Cc1c(Cl)c(Cl)cc(Cl)c1I(=O)=O. The maximum absolute atomic E-state index is 11.0. The maximum atomic E-state index is 11.0. The van der Waals surface area contributed by atoms with E-state index in [0.717, 1.165) is 0 Å². The van der Waals surface area contributed by atoms with Crippen LogP contribution in [-0.4, -0.2) is 11.1 Å². The average molecular weight is 397 g/mol. The second kappa shape index (κ2) is 5.48. The molecule has 0 heterocycles. The fourth-order valence-corrected chi connectivity index (χ4v) is 3.93. The summed E-state index contributed by atoms with van der Waals surface area (Å²) in [7, 11) is 0. The summed E-state index contributed by atoms with van der Waals surface area (Å²) < 4.78 is 21.9. The van der Waals surface area contributed by atoms with Crippen molar-refractivity contribution < 1.29 is 16.0 Å². The number of aliphatic carboxylic acids is 1. The van der Waals surface area contributed by atoms with Crippen molar-refractivity contribution in [3.63, 3.8) is 0 Å². The van der Waals surface area contributed by atoms with Crippen molar-refractivity contribution >= 4 is 60.6 Å². The number of benzene rings is 1. The van der Waals surface area contributed by atoms with E-state index in [9.17, 15) is 10.9 Å². The van der Waals surface area contributed by atoms with E-state index in [2.05, 4.69) is 0 Å². The van der Waals surface area contributed by atoms with Crippen LogP contribution >= 0.6 is 54.6 Å². The van der Waals surface area contributed by atoms with E-state index in [1.54, 1.807) is 0 Å². The minimum atomic E-state index is -3.93. The zero-order valence-electron chi connectivity index (χ0n) is 7.47. The fraction of sp³-hybridized carbons (Fsp3) is 0.125. The van der Waals surface area contributed by atoms with E-state index in [-0.39, 0.29) is 24.2 Å². The highest BCUT2D eigenvalue weighted by molar-refractivity contribution is 14.2. The first-order valence-corrected chi connectivity index (χ1v) is 7.75. The van der Waals surface area contributed by atoms with Gasteiger partial charge in [0, 0.05) is 5.56 Å². The van der Waals surface area contributed by atoms with Crippen LogP contribution in [-0.2, 0) is 17.4 Å². The van der Waals surface area contributed by atoms with Gasteiger partial charge < -0.3 is 5.11 Å². The summed E-state index contributed by atoms with van der Waals surface area (Å²) in [4.78, 5) is 10.6. The molecule has 0 aliphatic rings. The lowest BCUT2D eigenvalue weighted by molar-refractivity contribution is -0.136. The minimum absolute atomic E-state index is 0.0318. The van der Waals surface area contributed by atoms with Crippen LogP contribution in [0.15, 0.2) is 6.07 Å². The number of carboxylic acid groups (broad SMARTS) is 1. The first kappa shape index (κ1) is 14.0. The molecule has 0 saturated heterocycles. The molecule has 16 heavy (non-hydrogen) atoms. The summed E-state index contributed by atoms with van der Waals surface area (Å²) in [6.45, 7) is 0. The van der Waals surface area contributed by atoms with E-state index in [1.807, 2.05) is 0 Å². The third kappa shape index (κ3) is 2.97. The number of carboxylic acids is 1. The molecular formula is C8H4Cl3IO4. The summed E-state index contributed by atoms with van der Waals surface area (Å²) in [5.41, 5.74) is -0.0538. The number of halogens is 4. The van der Waals surface area contributed by atoms with Crippen molar-refractivity contribution in [3.05, 3.63) is 30.3 Å². The van der Waals surface area contributed by atoms with Gasteiger partial charge in [0.2, 0.25) is 0 Å². The summed E-state index contributed by atoms with van der Waals surface area (Å²) in [5.74, 6) is -1.21. The fourth-order valence-electron chi connectivity index (χ4n) is 1.10. The van der Waals surface area contributed by atoms with E-state index in [0.29, 0.717) is 0 Å². The number of rotatable bonds is 3. The third-order valence-electron chi connectivity index (χ3n) is 1.69. The molecule has 0 spiro atoms. The van der Waals surface area contributed by atoms with Crippen molar-refractivity contribution in [2.75, 3.05) is 0 Å². The normalized spacial score (nSPS) is 10.8. The zero-order valence-corrected chi connectivity index (χ0v) is 11.9. The molecule has 0 fully saturated rings. The smallest absolute Gasteiger partial charge is 0.342 e. The highest BCUT2D eigenvalue weighted by atomic mass is 127.